The van der Waals surface area contributed by atoms with E-state index in [1.54, 1.807) is 43.3 Å². The highest BCUT2D eigenvalue weighted by Gasteiger charge is 2.55. The number of fused-ring (bicyclic) bond motifs is 1. The average molecular weight is 518 g/mol. The van der Waals surface area contributed by atoms with Gasteiger partial charge in [0.1, 0.15) is 22.9 Å². The third-order valence-corrected chi connectivity index (χ3v) is 7.58. The van der Waals surface area contributed by atoms with Crippen molar-refractivity contribution in [3.8, 4) is 5.75 Å². The van der Waals surface area contributed by atoms with E-state index in [2.05, 4.69) is 5.32 Å². The summed E-state index contributed by atoms with van der Waals surface area (Å²) in [7, 11) is 0. The molecule has 2 aliphatic heterocycles. The lowest BCUT2D eigenvalue weighted by Gasteiger charge is -2.51. The number of carbonyl (C=O) groups is 3. The van der Waals surface area contributed by atoms with E-state index in [1.807, 2.05) is 0 Å². The molecule has 1 fully saturated rings. The zero-order valence-electron chi connectivity index (χ0n) is 18.3. The lowest BCUT2D eigenvalue weighted by atomic mass is 9.98. The molecular formula is C23H20ClN3O7S. The molecule has 2 heterocycles. The molecule has 2 aromatic rings. The Morgan fingerprint density at radius 1 is 1.20 bits per heavy atom. The first kappa shape index (κ1) is 24.6. The van der Waals surface area contributed by atoms with Crippen molar-refractivity contribution in [3.63, 3.8) is 0 Å². The highest BCUT2D eigenvalue weighted by Crippen LogP contribution is 2.45. The Hall–Kier alpha value is -3.57. The van der Waals surface area contributed by atoms with E-state index in [4.69, 9.17) is 16.3 Å². The van der Waals surface area contributed by atoms with Crippen molar-refractivity contribution in [2.75, 3.05) is 6.61 Å². The topological polar surface area (TPSA) is 139 Å². The molecule has 2 N–H and O–H groups in total. The molecule has 0 aromatic heterocycles. The minimum absolute atomic E-state index is 0.0390. The number of nitro groups is 1. The van der Waals surface area contributed by atoms with Crippen molar-refractivity contribution in [2.45, 2.75) is 30.0 Å². The molecule has 2 aromatic carbocycles. The Morgan fingerprint density at radius 2 is 1.86 bits per heavy atom. The molecule has 182 valence electrons. The molecular weight excluding hydrogens is 498 g/mol. The van der Waals surface area contributed by atoms with Gasteiger partial charge in [0.05, 0.1) is 4.92 Å². The number of ether oxygens (including phenoxy) is 1. The number of hydrogen-bond acceptors (Lipinski definition) is 7. The van der Waals surface area contributed by atoms with E-state index in [-0.39, 0.29) is 23.2 Å². The van der Waals surface area contributed by atoms with Crippen LogP contribution in [0.15, 0.2) is 59.8 Å². The summed E-state index contributed by atoms with van der Waals surface area (Å²) in [5.74, 6) is -1.82. The van der Waals surface area contributed by atoms with Gasteiger partial charge in [-0.25, -0.2) is 4.79 Å². The summed E-state index contributed by atoms with van der Waals surface area (Å²) < 4.78 is 5.41. The number of non-ortho nitro benzene ring substituents is 1. The van der Waals surface area contributed by atoms with Crippen molar-refractivity contribution in [3.05, 3.63) is 80.5 Å². The molecule has 2 amide bonds. The maximum Gasteiger partial charge on any atom is 0.352 e. The SMILES string of the molecule is CC1=C(C(=O)O)N2C(=O)C(NC(=O)COc3ccc(Cl)cc3)[C@H]2SC1Cc1ccc([N+](=O)[O-])cc1. The molecule has 1 saturated heterocycles. The lowest BCUT2D eigenvalue weighted by molar-refractivity contribution is -0.384. The summed E-state index contributed by atoms with van der Waals surface area (Å²) in [5.41, 5.74) is 1.16. The number of hydrogen-bond donors (Lipinski definition) is 2. The first-order valence-electron chi connectivity index (χ1n) is 10.5. The summed E-state index contributed by atoms with van der Waals surface area (Å²) >= 11 is 7.19. The summed E-state index contributed by atoms with van der Waals surface area (Å²) in [6, 6.07) is 11.6. The van der Waals surface area contributed by atoms with Gasteiger partial charge in [0, 0.05) is 22.4 Å². The van der Waals surface area contributed by atoms with Crippen LogP contribution < -0.4 is 10.1 Å². The molecule has 0 saturated carbocycles. The van der Waals surface area contributed by atoms with Crippen LogP contribution in [0.5, 0.6) is 5.75 Å². The zero-order valence-corrected chi connectivity index (χ0v) is 19.9. The van der Waals surface area contributed by atoms with Gasteiger partial charge in [-0.2, -0.15) is 0 Å². The number of benzene rings is 2. The van der Waals surface area contributed by atoms with Crippen LogP contribution in [0.2, 0.25) is 5.02 Å². The Morgan fingerprint density at radius 3 is 2.46 bits per heavy atom. The summed E-state index contributed by atoms with van der Waals surface area (Å²) in [4.78, 5) is 48.7. The number of carboxylic acid groups (broad SMARTS) is 1. The van der Waals surface area contributed by atoms with Gasteiger partial charge in [-0.05, 0) is 48.7 Å². The summed E-state index contributed by atoms with van der Waals surface area (Å²) in [6.45, 7) is 1.33. The molecule has 35 heavy (non-hydrogen) atoms. The van der Waals surface area contributed by atoms with Crippen LogP contribution in [-0.2, 0) is 20.8 Å². The van der Waals surface area contributed by atoms with Gasteiger partial charge in [0.25, 0.3) is 17.5 Å². The molecule has 2 unspecified atom stereocenters. The molecule has 0 aliphatic carbocycles. The molecule has 12 heteroatoms. The number of aliphatic carboxylic acids is 1. The number of β-lactam (4-membered cyclic amide) rings is 1. The number of carbonyl (C=O) groups excluding carboxylic acids is 2. The number of thioether (sulfide) groups is 1. The second-order valence-corrected chi connectivity index (χ2v) is 9.74. The maximum atomic E-state index is 12.8. The van der Waals surface area contributed by atoms with Crippen molar-refractivity contribution in [1.82, 2.24) is 10.2 Å². The smallest absolute Gasteiger partial charge is 0.352 e. The standard InChI is InChI=1S/C23H20ClN3O7S/c1-12-17(10-13-2-6-15(7-3-13)27(32)33)35-22-19(21(29)26(22)20(12)23(30)31)25-18(28)11-34-16-8-4-14(24)5-9-16/h2-9,17,19,22H,10-11H2,1H3,(H,25,28)(H,30,31)/t17?,19?,22-/m1/s1. The van der Waals surface area contributed by atoms with Gasteiger partial charge in [0.2, 0.25) is 0 Å². The average Bonchev–Trinajstić information content (AvgIpc) is 2.83. The second kappa shape index (κ2) is 9.96. The first-order valence-corrected chi connectivity index (χ1v) is 11.8. The molecule has 0 bridgehead atoms. The van der Waals surface area contributed by atoms with Crippen LogP contribution >= 0.6 is 23.4 Å². The van der Waals surface area contributed by atoms with Crippen molar-refractivity contribution >= 4 is 46.8 Å². The van der Waals surface area contributed by atoms with E-state index < -0.39 is 34.1 Å². The summed E-state index contributed by atoms with van der Waals surface area (Å²) in [6.07, 6.45) is 0.407. The monoisotopic (exact) mass is 517 g/mol. The number of nitrogens with one attached hydrogen (secondary N) is 1. The van der Waals surface area contributed by atoms with E-state index in [0.29, 0.717) is 22.8 Å². The quantitative estimate of drug-likeness (QED) is 0.309. The van der Waals surface area contributed by atoms with Crippen molar-refractivity contribution in [1.29, 1.82) is 0 Å². The van der Waals surface area contributed by atoms with E-state index in [0.717, 1.165) is 5.56 Å². The van der Waals surface area contributed by atoms with Crippen LogP contribution in [0.25, 0.3) is 0 Å². The van der Waals surface area contributed by atoms with Crippen LogP contribution in [0.4, 0.5) is 5.69 Å². The van der Waals surface area contributed by atoms with Gasteiger partial charge in [0.15, 0.2) is 6.61 Å². The Labute approximate surface area is 209 Å². The number of rotatable bonds is 8. The van der Waals surface area contributed by atoms with Crippen LogP contribution in [0.1, 0.15) is 12.5 Å². The molecule has 4 rings (SSSR count). The third-order valence-electron chi connectivity index (χ3n) is 5.72. The van der Waals surface area contributed by atoms with E-state index >= 15 is 0 Å². The third kappa shape index (κ3) is 5.10. The number of nitrogens with zero attached hydrogens (tertiary/aromatic N) is 2. The zero-order chi connectivity index (χ0) is 25.3. The van der Waals surface area contributed by atoms with Crippen molar-refractivity contribution < 1.29 is 29.2 Å². The fourth-order valence-electron chi connectivity index (χ4n) is 3.92. The number of carboxylic acids is 1. The largest absolute Gasteiger partial charge is 0.484 e. The van der Waals surface area contributed by atoms with Crippen LogP contribution in [-0.4, -0.2) is 56.0 Å². The molecule has 0 radical (unpaired) electrons. The Balaban J connectivity index is 1.45. The fraction of sp³-hybridized carbons (Fsp3) is 0.261. The van der Waals surface area contributed by atoms with Gasteiger partial charge in [-0.15, -0.1) is 11.8 Å². The predicted octanol–water partition coefficient (Wildman–Crippen LogP) is 3.00. The summed E-state index contributed by atoms with van der Waals surface area (Å²) in [5, 5.41) is 22.9. The second-order valence-electron chi connectivity index (χ2n) is 7.98. The van der Waals surface area contributed by atoms with Crippen LogP contribution in [0.3, 0.4) is 0 Å². The fourth-order valence-corrected chi connectivity index (χ4v) is 5.66. The maximum absolute atomic E-state index is 12.8. The molecule has 0 spiro atoms. The number of nitro benzene ring substituents is 1. The highest BCUT2D eigenvalue weighted by molar-refractivity contribution is 8.00. The van der Waals surface area contributed by atoms with E-state index in [1.165, 1.54) is 28.8 Å². The van der Waals surface area contributed by atoms with Gasteiger partial charge < -0.3 is 15.2 Å². The minimum atomic E-state index is -1.23. The van der Waals surface area contributed by atoms with E-state index in [9.17, 15) is 29.6 Å². The number of halogens is 1. The van der Waals surface area contributed by atoms with Gasteiger partial charge in [-0.1, -0.05) is 23.7 Å². The predicted molar refractivity (Wildman–Crippen MR) is 128 cm³/mol. The molecule has 3 atom stereocenters. The lowest BCUT2D eigenvalue weighted by Crippen LogP contribution is -2.71. The van der Waals surface area contributed by atoms with Gasteiger partial charge in [-0.3, -0.25) is 24.6 Å². The first-order chi connectivity index (χ1) is 16.7. The van der Waals surface area contributed by atoms with Crippen LogP contribution in [0, 0.1) is 10.1 Å². The Kier molecular flexibility index (Phi) is 6.99. The van der Waals surface area contributed by atoms with Gasteiger partial charge >= 0.3 is 5.97 Å². The normalized spacial score (nSPS) is 21.1. The minimum Gasteiger partial charge on any atom is -0.484 e. The molecule has 2 aliphatic rings. The molecule has 10 nitrogen and oxygen atoms in total. The van der Waals surface area contributed by atoms with Crippen molar-refractivity contribution in [2.24, 2.45) is 0 Å². The highest BCUT2D eigenvalue weighted by atomic mass is 35.5. The Bertz CT molecular complexity index is 1220. The number of amides is 2.